The van der Waals surface area contributed by atoms with Gasteiger partial charge in [-0.1, -0.05) is 31.2 Å². The number of carbonyl (C=O) groups is 1. The molecule has 0 heterocycles. The minimum Gasteiger partial charge on any atom is -0.353 e. The van der Waals surface area contributed by atoms with E-state index in [1.807, 2.05) is 18.2 Å². The molecule has 23 heavy (non-hydrogen) atoms. The molecule has 1 aromatic carbocycles. The summed E-state index contributed by atoms with van der Waals surface area (Å²) in [6.07, 6.45) is 7.25. The zero-order chi connectivity index (χ0) is 15.8. The van der Waals surface area contributed by atoms with Crippen LogP contribution >= 0.6 is 24.0 Å². The molecule has 1 aliphatic carbocycles. The summed E-state index contributed by atoms with van der Waals surface area (Å²) in [6.45, 7) is 2.28. The monoisotopic (exact) mass is 428 g/mol. The van der Waals surface area contributed by atoms with Gasteiger partial charge in [0.2, 0.25) is 5.91 Å². The molecule has 0 saturated carbocycles. The molecule has 0 spiro atoms. The highest BCUT2D eigenvalue weighted by Gasteiger charge is 2.12. The Balaban J connectivity index is 0.00000264. The van der Waals surface area contributed by atoms with Gasteiger partial charge >= 0.3 is 0 Å². The van der Waals surface area contributed by atoms with Gasteiger partial charge in [-0.15, -0.1) is 24.0 Å². The predicted molar refractivity (Wildman–Crippen MR) is 107 cm³/mol. The van der Waals surface area contributed by atoms with Crippen molar-refractivity contribution in [1.29, 1.82) is 0 Å². The van der Waals surface area contributed by atoms with Gasteiger partial charge in [-0.25, -0.2) is 0 Å². The normalized spacial score (nSPS) is 14.3. The Labute approximate surface area is 155 Å². The largest absolute Gasteiger partial charge is 0.353 e. The lowest BCUT2D eigenvalue weighted by Crippen LogP contribution is -2.45. The molecule has 0 saturated heterocycles. The first-order valence-corrected chi connectivity index (χ1v) is 7.72. The molecule has 3 N–H and O–H groups in total. The van der Waals surface area contributed by atoms with Crippen molar-refractivity contribution in [3.8, 4) is 0 Å². The molecule has 0 atom stereocenters. The summed E-state index contributed by atoms with van der Waals surface area (Å²) >= 11 is 0. The molecule has 0 aromatic heterocycles. The molecule has 1 amide bonds. The fraction of sp³-hybridized carbons (Fsp3) is 0.412. The molecule has 5 nitrogen and oxygen atoms in total. The van der Waals surface area contributed by atoms with E-state index in [1.165, 1.54) is 5.56 Å². The number of guanidine groups is 1. The van der Waals surface area contributed by atoms with Gasteiger partial charge in [0.1, 0.15) is 0 Å². The van der Waals surface area contributed by atoms with Crippen LogP contribution in [0.2, 0.25) is 0 Å². The number of aliphatic imine (C=N–C) groups is 1. The van der Waals surface area contributed by atoms with E-state index in [9.17, 15) is 4.79 Å². The van der Waals surface area contributed by atoms with Crippen LogP contribution in [0.15, 0.2) is 41.4 Å². The van der Waals surface area contributed by atoms with Crippen molar-refractivity contribution < 1.29 is 4.79 Å². The van der Waals surface area contributed by atoms with Crippen molar-refractivity contribution in [3.05, 3.63) is 42.0 Å². The van der Waals surface area contributed by atoms with Gasteiger partial charge in [-0.2, -0.15) is 0 Å². The van der Waals surface area contributed by atoms with Crippen LogP contribution in [0.1, 0.15) is 25.3 Å². The maximum atomic E-state index is 12.0. The molecule has 0 unspecified atom stereocenters. The standard InChI is InChI=1S/C17H24N4O.HI/c1-3-13-7-6-10-15(11-13)20-16(22)12-19-17(18-2)21-14-8-4-5-9-14;/h4-7,10-11,14H,3,8-9,12H2,1-2H3,(H,20,22)(H2,18,19,21);1H. The van der Waals surface area contributed by atoms with Gasteiger partial charge < -0.3 is 16.0 Å². The molecule has 0 fully saturated rings. The van der Waals surface area contributed by atoms with Crippen LogP contribution in [0.25, 0.3) is 0 Å². The number of halogens is 1. The number of hydrogen-bond donors (Lipinski definition) is 3. The Bertz CT molecular complexity index is 563. The van der Waals surface area contributed by atoms with E-state index in [-0.39, 0.29) is 36.4 Å². The summed E-state index contributed by atoms with van der Waals surface area (Å²) in [6, 6.07) is 8.27. The number of carbonyl (C=O) groups excluding carboxylic acids is 1. The average molecular weight is 428 g/mol. The van der Waals surface area contributed by atoms with Crippen molar-refractivity contribution in [1.82, 2.24) is 10.6 Å². The van der Waals surface area contributed by atoms with Gasteiger partial charge in [0.05, 0.1) is 6.54 Å². The lowest BCUT2D eigenvalue weighted by Gasteiger charge is -2.16. The Hall–Kier alpha value is -1.57. The van der Waals surface area contributed by atoms with E-state index < -0.39 is 0 Å². The number of anilines is 1. The molecular formula is C17H25IN4O. The first-order valence-electron chi connectivity index (χ1n) is 7.72. The van der Waals surface area contributed by atoms with E-state index in [4.69, 9.17) is 0 Å². The third-order valence-electron chi connectivity index (χ3n) is 3.61. The summed E-state index contributed by atoms with van der Waals surface area (Å²) in [5.74, 6) is 0.576. The molecule has 1 aliphatic rings. The van der Waals surface area contributed by atoms with Crippen molar-refractivity contribution >= 4 is 41.5 Å². The number of rotatable bonds is 5. The van der Waals surface area contributed by atoms with Gasteiger partial charge in [-0.05, 0) is 37.0 Å². The number of aryl methyl sites for hydroxylation is 1. The Morgan fingerprint density at radius 3 is 2.70 bits per heavy atom. The average Bonchev–Trinajstić information content (AvgIpc) is 3.04. The van der Waals surface area contributed by atoms with Crippen LogP contribution in [-0.4, -0.2) is 31.5 Å². The number of nitrogens with one attached hydrogen (secondary N) is 3. The van der Waals surface area contributed by atoms with Crippen LogP contribution in [0.4, 0.5) is 5.69 Å². The lowest BCUT2D eigenvalue weighted by molar-refractivity contribution is -0.115. The molecule has 2 rings (SSSR count). The molecule has 6 heteroatoms. The fourth-order valence-electron chi connectivity index (χ4n) is 2.36. The van der Waals surface area contributed by atoms with Gasteiger partial charge in [0.25, 0.3) is 0 Å². The van der Waals surface area contributed by atoms with E-state index in [0.717, 1.165) is 24.9 Å². The van der Waals surface area contributed by atoms with Crippen molar-refractivity contribution in [2.24, 2.45) is 4.99 Å². The number of amides is 1. The highest BCUT2D eigenvalue weighted by atomic mass is 127. The topological polar surface area (TPSA) is 65.5 Å². The second-order valence-electron chi connectivity index (χ2n) is 5.31. The summed E-state index contributed by atoms with van der Waals surface area (Å²) in [5, 5.41) is 9.24. The minimum absolute atomic E-state index is 0. The molecular weight excluding hydrogens is 403 g/mol. The summed E-state index contributed by atoms with van der Waals surface area (Å²) in [4.78, 5) is 16.1. The maximum Gasteiger partial charge on any atom is 0.243 e. The van der Waals surface area contributed by atoms with Crippen LogP contribution < -0.4 is 16.0 Å². The molecule has 0 radical (unpaired) electrons. The number of nitrogens with zero attached hydrogens (tertiary/aromatic N) is 1. The summed E-state index contributed by atoms with van der Waals surface area (Å²) in [5.41, 5.74) is 2.03. The molecule has 0 aliphatic heterocycles. The van der Waals surface area contributed by atoms with Crippen molar-refractivity contribution in [2.75, 3.05) is 18.9 Å². The van der Waals surface area contributed by atoms with E-state index >= 15 is 0 Å². The SMILES string of the molecule is CCc1cccc(NC(=O)CNC(=NC)NC2CC=CC2)c1.I. The highest BCUT2D eigenvalue weighted by molar-refractivity contribution is 14.0. The smallest absolute Gasteiger partial charge is 0.243 e. The van der Waals surface area contributed by atoms with Gasteiger partial charge in [0, 0.05) is 18.8 Å². The first-order chi connectivity index (χ1) is 10.7. The number of benzene rings is 1. The van der Waals surface area contributed by atoms with E-state index in [2.05, 4.69) is 46.1 Å². The second kappa shape index (κ2) is 10.3. The van der Waals surface area contributed by atoms with Gasteiger partial charge in [-0.3, -0.25) is 9.79 Å². The Kier molecular flexibility index (Phi) is 8.68. The van der Waals surface area contributed by atoms with E-state index in [0.29, 0.717) is 12.0 Å². The predicted octanol–water partition coefficient (Wildman–Crippen LogP) is 2.69. The number of hydrogen-bond acceptors (Lipinski definition) is 2. The van der Waals surface area contributed by atoms with Crippen LogP contribution in [0.5, 0.6) is 0 Å². The molecule has 1 aromatic rings. The summed E-state index contributed by atoms with van der Waals surface area (Å²) in [7, 11) is 1.71. The molecule has 0 bridgehead atoms. The lowest BCUT2D eigenvalue weighted by atomic mass is 10.1. The minimum atomic E-state index is -0.0826. The Morgan fingerprint density at radius 2 is 2.04 bits per heavy atom. The third kappa shape index (κ3) is 6.60. The zero-order valence-electron chi connectivity index (χ0n) is 13.6. The highest BCUT2D eigenvalue weighted by Crippen LogP contribution is 2.11. The first kappa shape index (κ1) is 19.5. The molecule has 126 valence electrons. The van der Waals surface area contributed by atoms with Crippen LogP contribution in [0.3, 0.4) is 0 Å². The zero-order valence-corrected chi connectivity index (χ0v) is 16.0. The van der Waals surface area contributed by atoms with Gasteiger partial charge in [0.15, 0.2) is 5.96 Å². The Morgan fingerprint density at radius 1 is 1.30 bits per heavy atom. The second-order valence-corrected chi connectivity index (χ2v) is 5.31. The summed E-state index contributed by atoms with van der Waals surface area (Å²) < 4.78 is 0. The van der Waals surface area contributed by atoms with Crippen molar-refractivity contribution in [3.63, 3.8) is 0 Å². The van der Waals surface area contributed by atoms with E-state index in [1.54, 1.807) is 7.05 Å². The fourth-order valence-corrected chi connectivity index (χ4v) is 2.36. The maximum absolute atomic E-state index is 12.0. The van der Waals surface area contributed by atoms with Crippen LogP contribution in [0, 0.1) is 0 Å². The van der Waals surface area contributed by atoms with Crippen LogP contribution in [-0.2, 0) is 11.2 Å². The third-order valence-corrected chi connectivity index (χ3v) is 3.61. The quantitative estimate of drug-likeness (QED) is 0.293. The van der Waals surface area contributed by atoms with Crippen molar-refractivity contribution in [2.45, 2.75) is 32.2 Å².